The molecule has 0 saturated carbocycles. The summed E-state index contributed by atoms with van der Waals surface area (Å²) in [7, 11) is 0. The number of hydrogen-bond acceptors (Lipinski definition) is 6. The van der Waals surface area contributed by atoms with Crippen LogP contribution >= 0.6 is 0 Å². The largest absolute Gasteiger partial charge is 0.457 e. The van der Waals surface area contributed by atoms with E-state index in [1.54, 1.807) is 72.8 Å². The van der Waals surface area contributed by atoms with Gasteiger partial charge in [0.05, 0.1) is 11.4 Å². The first-order valence-corrected chi connectivity index (χ1v) is 10.3. The third-order valence-electron chi connectivity index (χ3n) is 5.07. The molecule has 34 heavy (non-hydrogen) atoms. The number of ether oxygens (including phenoxy) is 2. The van der Waals surface area contributed by atoms with E-state index in [0.29, 0.717) is 34.4 Å². The van der Waals surface area contributed by atoms with E-state index in [4.69, 9.17) is 9.47 Å². The lowest BCUT2D eigenvalue weighted by molar-refractivity contribution is -0.121. The summed E-state index contributed by atoms with van der Waals surface area (Å²) >= 11 is 0. The Labute approximate surface area is 193 Å². The Bertz CT molecular complexity index is 1350. The summed E-state index contributed by atoms with van der Waals surface area (Å²) in [5.41, 5.74) is 0.865. The summed E-state index contributed by atoms with van der Waals surface area (Å²) in [6.07, 6.45) is 4.90. The first-order chi connectivity index (χ1) is 16.5. The second-order valence-electron chi connectivity index (χ2n) is 7.36. The number of amides is 4. The summed E-state index contributed by atoms with van der Waals surface area (Å²) in [6, 6.07) is 20.2. The molecule has 2 aliphatic heterocycles. The molecule has 0 saturated heterocycles. The summed E-state index contributed by atoms with van der Waals surface area (Å²) < 4.78 is 11.8. The number of nitrogens with zero attached hydrogens (tertiary/aromatic N) is 2. The van der Waals surface area contributed by atoms with Crippen LogP contribution in [0.2, 0.25) is 0 Å². The average molecular weight is 452 g/mol. The van der Waals surface area contributed by atoms with E-state index in [1.165, 1.54) is 24.3 Å². The number of carbonyl (C=O) groups is 4. The average Bonchev–Trinajstić information content (AvgIpc) is 3.34. The Kier molecular flexibility index (Phi) is 5.23. The zero-order chi connectivity index (χ0) is 23.7. The van der Waals surface area contributed by atoms with Crippen molar-refractivity contribution in [1.29, 1.82) is 0 Å². The Morgan fingerprint density at radius 1 is 0.441 bits per heavy atom. The van der Waals surface area contributed by atoms with Crippen molar-refractivity contribution in [2.75, 3.05) is 9.80 Å². The van der Waals surface area contributed by atoms with Crippen LogP contribution < -0.4 is 19.3 Å². The molecule has 2 aliphatic rings. The zero-order valence-electron chi connectivity index (χ0n) is 17.6. The smallest absolute Gasteiger partial charge is 0.258 e. The second kappa shape index (κ2) is 8.51. The quantitative estimate of drug-likeness (QED) is 0.522. The normalized spacial score (nSPS) is 14.9. The second-order valence-corrected chi connectivity index (χ2v) is 7.36. The third kappa shape index (κ3) is 4.07. The van der Waals surface area contributed by atoms with Crippen molar-refractivity contribution < 1.29 is 28.7 Å². The fourth-order valence-electron chi connectivity index (χ4n) is 3.53. The van der Waals surface area contributed by atoms with Gasteiger partial charge in [0.1, 0.15) is 23.0 Å². The van der Waals surface area contributed by atoms with Gasteiger partial charge in [0, 0.05) is 36.4 Å². The Morgan fingerprint density at radius 3 is 1.44 bits per heavy atom. The molecule has 0 aromatic heterocycles. The van der Waals surface area contributed by atoms with E-state index in [1.807, 2.05) is 0 Å². The summed E-state index contributed by atoms with van der Waals surface area (Å²) in [4.78, 5) is 49.6. The lowest BCUT2D eigenvalue weighted by Crippen LogP contribution is -2.29. The molecule has 0 radical (unpaired) electrons. The number of anilines is 2. The molecule has 8 nitrogen and oxygen atoms in total. The van der Waals surface area contributed by atoms with E-state index >= 15 is 0 Å². The van der Waals surface area contributed by atoms with Crippen LogP contribution in [0.15, 0.2) is 97.1 Å². The van der Waals surface area contributed by atoms with Crippen LogP contribution in [0.5, 0.6) is 23.0 Å². The van der Waals surface area contributed by atoms with Crippen molar-refractivity contribution in [3.05, 3.63) is 97.1 Å². The highest BCUT2D eigenvalue weighted by Crippen LogP contribution is 2.31. The van der Waals surface area contributed by atoms with Gasteiger partial charge in [-0.15, -0.1) is 0 Å². The van der Waals surface area contributed by atoms with Gasteiger partial charge < -0.3 is 9.47 Å². The van der Waals surface area contributed by atoms with Crippen LogP contribution in [-0.2, 0) is 19.2 Å². The maximum absolute atomic E-state index is 11.9. The van der Waals surface area contributed by atoms with E-state index in [2.05, 4.69) is 0 Å². The molecule has 0 spiro atoms. The number of hydrogen-bond donors (Lipinski definition) is 0. The van der Waals surface area contributed by atoms with Gasteiger partial charge in [0.2, 0.25) is 0 Å². The van der Waals surface area contributed by atoms with E-state index < -0.39 is 11.8 Å². The molecule has 3 aromatic rings. The molecular weight excluding hydrogens is 436 g/mol. The SMILES string of the molecule is O=C1C=CC(=O)N1c1ccc(Oc2cccc(Oc3cccc(N4C(=O)C=CC4=O)c3)c2)cc1. The highest BCUT2D eigenvalue weighted by Gasteiger charge is 2.26. The van der Waals surface area contributed by atoms with Crippen LogP contribution in [0, 0.1) is 0 Å². The molecule has 3 aromatic carbocycles. The topological polar surface area (TPSA) is 93.2 Å². The van der Waals surface area contributed by atoms with Crippen LogP contribution in [-0.4, -0.2) is 23.6 Å². The van der Waals surface area contributed by atoms with Crippen molar-refractivity contribution >= 4 is 35.0 Å². The standard InChI is InChI=1S/C26H16N2O6/c29-23-11-12-24(30)27(23)17-7-9-19(10-8-17)33-21-5-2-6-22(16-21)34-20-4-1-3-18(15-20)28-25(31)13-14-26(28)32/h1-16H. The molecule has 2 heterocycles. The number of benzene rings is 3. The number of carbonyl (C=O) groups excluding carboxylic acids is 4. The highest BCUT2D eigenvalue weighted by atomic mass is 16.5. The van der Waals surface area contributed by atoms with Crippen LogP contribution in [0.25, 0.3) is 0 Å². The van der Waals surface area contributed by atoms with Gasteiger partial charge in [-0.3, -0.25) is 19.2 Å². The molecule has 4 amide bonds. The molecule has 8 heteroatoms. The van der Waals surface area contributed by atoms with Crippen molar-refractivity contribution in [1.82, 2.24) is 0 Å². The fraction of sp³-hybridized carbons (Fsp3) is 0. The van der Waals surface area contributed by atoms with Crippen LogP contribution in [0.4, 0.5) is 11.4 Å². The molecule has 0 atom stereocenters. The van der Waals surface area contributed by atoms with Gasteiger partial charge >= 0.3 is 0 Å². The van der Waals surface area contributed by atoms with Crippen molar-refractivity contribution in [3.8, 4) is 23.0 Å². The molecular formula is C26H16N2O6. The van der Waals surface area contributed by atoms with Gasteiger partial charge in [-0.25, -0.2) is 9.80 Å². The van der Waals surface area contributed by atoms with Gasteiger partial charge in [0.25, 0.3) is 23.6 Å². The first kappa shape index (κ1) is 20.9. The van der Waals surface area contributed by atoms with Gasteiger partial charge in [-0.05, 0) is 48.5 Å². The Morgan fingerprint density at radius 2 is 0.882 bits per heavy atom. The molecule has 0 unspecified atom stereocenters. The van der Waals surface area contributed by atoms with E-state index in [-0.39, 0.29) is 11.8 Å². The minimum Gasteiger partial charge on any atom is -0.457 e. The lowest BCUT2D eigenvalue weighted by atomic mass is 10.2. The molecule has 0 fully saturated rings. The van der Waals surface area contributed by atoms with E-state index in [9.17, 15) is 19.2 Å². The molecule has 166 valence electrons. The maximum atomic E-state index is 11.9. The van der Waals surface area contributed by atoms with Crippen LogP contribution in [0.3, 0.4) is 0 Å². The minimum atomic E-state index is -0.404. The van der Waals surface area contributed by atoms with Crippen molar-refractivity contribution in [2.24, 2.45) is 0 Å². The highest BCUT2D eigenvalue weighted by molar-refractivity contribution is 6.28. The summed E-state index contributed by atoms with van der Waals surface area (Å²) in [5.74, 6) is 0.364. The van der Waals surface area contributed by atoms with Crippen molar-refractivity contribution in [3.63, 3.8) is 0 Å². The molecule has 0 aliphatic carbocycles. The van der Waals surface area contributed by atoms with E-state index in [0.717, 1.165) is 9.80 Å². The number of imide groups is 2. The minimum absolute atomic E-state index is 0.387. The van der Waals surface area contributed by atoms with Gasteiger partial charge in [0.15, 0.2) is 0 Å². The Hall–Kier alpha value is -4.98. The predicted molar refractivity (Wildman–Crippen MR) is 123 cm³/mol. The lowest BCUT2D eigenvalue weighted by Gasteiger charge is -2.15. The molecule has 0 N–H and O–H groups in total. The monoisotopic (exact) mass is 452 g/mol. The van der Waals surface area contributed by atoms with Crippen LogP contribution in [0.1, 0.15) is 0 Å². The third-order valence-corrected chi connectivity index (χ3v) is 5.07. The predicted octanol–water partition coefficient (Wildman–Crippen LogP) is 4.13. The Balaban J connectivity index is 1.29. The summed E-state index contributed by atoms with van der Waals surface area (Å²) in [6.45, 7) is 0. The zero-order valence-corrected chi connectivity index (χ0v) is 17.6. The molecule has 0 bridgehead atoms. The summed E-state index contributed by atoms with van der Waals surface area (Å²) in [5, 5.41) is 0. The van der Waals surface area contributed by atoms with Gasteiger partial charge in [-0.2, -0.15) is 0 Å². The molecule has 5 rings (SSSR count). The van der Waals surface area contributed by atoms with Gasteiger partial charge in [-0.1, -0.05) is 12.1 Å². The number of rotatable bonds is 6. The fourth-order valence-corrected chi connectivity index (χ4v) is 3.53. The first-order valence-electron chi connectivity index (χ1n) is 10.3. The maximum Gasteiger partial charge on any atom is 0.258 e. The van der Waals surface area contributed by atoms with Crippen molar-refractivity contribution in [2.45, 2.75) is 0 Å².